The molecule has 0 unspecified atom stereocenters. The molecule has 2 aromatic heterocycles. The van der Waals surface area contributed by atoms with E-state index in [-0.39, 0.29) is 18.4 Å². The van der Waals surface area contributed by atoms with Crippen LogP contribution < -0.4 is 5.32 Å². The Morgan fingerprint density at radius 1 is 1.10 bits per heavy atom. The van der Waals surface area contributed by atoms with E-state index >= 15 is 0 Å². The molecule has 29 heavy (non-hydrogen) atoms. The third kappa shape index (κ3) is 4.36. The first-order valence-corrected chi connectivity index (χ1v) is 10.8. The molecule has 1 N–H and O–H groups in total. The summed E-state index contributed by atoms with van der Waals surface area (Å²) < 4.78 is 1.16. The van der Waals surface area contributed by atoms with Crippen LogP contribution in [0.4, 0.5) is 5.69 Å². The number of amides is 2. The number of fused-ring (bicyclic) bond motifs is 1. The average molecular weight is 422 g/mol. The van der Waals surface area contributed by atoms with Crippen LogP contribution in [0, 0.1) is 6.92 Å². The fourth-order valence-electron chi connectivity index (χ4n) is 2.95. The molecular formula is C22H19N3O2S2. The molecule has 0 spiro atoms. The van der Waals surface area contributed by atoms with Crippen molar-refractivity contribution in [2.45, 2.75) is 6.92 Å². The fourth-order valence-corrected chi connectivity index (χ4v) is 4.64. The van der Waals surface area contributed by atoms with Crippen molar-refractivity contribution < 1.29 is 9.59 Å². The molecule has 0 fully saturated rings. The predicted octanol–water partition coefficient (Wildman–Crippen LogP) is 5.04. The average Bonchev–Trinajstić information content (AvgIpc) is 3.37. The molecule has 0 aliphatic carbocycles. The van der Waals surface area contributed by atoms with Crippen LogP contribution in [-0.4, -0.2) is 35.3 Å². The van der Waals surface area contributed by atoms with Gasteiger partial charge in [0.1, 0.15) is 5.01 Å². The van der Waals surface area contributed by atoms with Crippen LogP contribution in [0.3, 0.4) is 0 Å². The van der Waals surface area contributed by atoms with Gasteiger partial charge in [-0.15, -0.1) is 11.3 Å². The van der Waals surface area contributed by atoms with Crippen molar-refractivity contribution in [2.24, 2.45) is 0 Å². The molecule has 0 atom stereocenters. The molecule has 0 aliphatic heterocycles. The molecule has 2 amide bonds. The molecule has 2 heterocycles. The number of hydrogen-bond acceptors (Lipinski definition) is 5. The first kappa shape index (κ1) is 19.3. The minimum absolute atomic E-state index is 0.00630. The Morgan fingerprint density at radius 2 is 1.90 bits per heavy atom. The highest BCUT2D eigenvalue weighted by molar-refractivity contribution is 7.21. The van der Waals surface area contributed by atoms with Gasteiger partial charge in [0.15, 0.2) is 0 Å². The Bertz CT molecular complexity index is 1160. The van der Waals surface area contributed by atoms with Gasteiger partial charge in [0, 0.05) is 23.7 Å². The zero-order valence-electron chi connectivity index (χ0n) is 16.0. The Kier molecular flexibility index (Phi) is 5.42. The van der Waals surface area contributed by atoms with Crippen LogP contribution in [0.5, 0.6) is 0 Å². The third-order valence-corrected chi connectivity index (χ3v) is 6.21. The van der Waals surface area contributed by atoms with Crippen molar-refractivity contribution in [3.8, 4) is 10.6 Å². The van der Waals surface area contributed by atoms with Crippen molar-refractivity contribution >= 4 is 50.4 Å². The minimum atomic E-state index is -0.237. The number of nitrogens with zero attached hydrogens (tertiary/aromatic N) is 2. The van der Waals surface area contributed by atoms with E-state index in [4.69, 9.17) is 0 Å². The number of hydrogen-bond donors (Lipinski definition) is 1. The van der Waals surface area contributed by atoms with Gasteiger partial charge in [-0.1, -0.05) is 6.07 Å². The van der Waals surface area contributed by atoms with Crippen LogP contribution in [0.1, 0.15) is 15.9 Å². The molecule has 0 saturated heterocycles. The number of thiophene rings is 1. The number of thiazole rings is 1. The number of benzene rings is 2. The predicted molar refractivity (Wildman–Crippen MR) is 120 cm³/mol. The van der Waals surface area contributed by atoms with Crippen LogP contribution in [-0.2, 0) is 4.79 Å². The second kappa shape index (κ2) is 8.14. The molecule has 4 aromatic rings. The lowest BCUT2D eigenvalue weighted by Gasteiger charge is -2.16. The molecular weight excluding hydrogens is 402 g/mol. The first-order chi connectivity index (χ1) is 14.0. The quantitative estimate of drug-likeness (QED) is 0.491. The summed E-state index contributed by atoms with van der Waals surface area (Å²) in [4.78, 5) is 30.6. The second-order valence-electron chi connectivity index (χ2n) is 6.79. The largest absolute Gasteiger partial charge is 0.332 e. The maximum absolute atomic E-state index is 12.3. The lowest BCUT2D eigenvalue weighted by molar-refractivity contribution is -0.116. The van der Waals surface area contributed by atoms with E-state index in [0.717, 1.165) is 20.8 Å². The van der Waals surface area contributed by atoms with E-state index in [1.54, 1.807) is 29.8 Å². The summed E-state index contributed by atoms with van der Waals surface area (Å²) in [7, 11) is 1.62. The van der Waals surface area contributed by atoms with Gasteiger partial charge < -0.3 is 10.2 Å². The molecule has 0 bridgehead atoms. The van der Waals surface area contributed by atoms with E-state index in [1.807, 2.05) is 35.7 Å². The Labute approximate surface area is 176 Å². The maximum atomic E-state index is 12.3. The summed E-state index contributed by atoms with van der Waals surface area (Å²) in [5.74, 6) is -0.401. The maximum Gasteiger partial charge on any atom is 0.254 e. The number of aryl methyl sites for hydroxylation is 1. The molecule has 0 aliphatic rings. The second-order valence-corrected chi connectivity index (χ2v) is 8.60. The van der Waals surface area contributed by atoms with Crippen LogP contribution in [0.15, 0.2) is 59.3 Å². The van der Waals surface area contributed by atoms with E-state index < -0.39 is 0 Å². The zero-order chi connectivity index (χ0) is 20.4. The number of carbonyl (C=O) groups is 2. The summed E-state index contributed by atoms with van der Waals surface area (Å²) in [6, 6.07) is 15.6. The zero-order valence-corrected chi connectivity index (χ0v) is 17.6. The van der Waals surface area contributed by atoms with Crippen molar-refractivity contribution in [2.75, 3.05) is 18.9 Å². The Balaban J connectivity index is 1.41. The molecule has 2 aromatic carbocycles. The lowest BCUT2D eigenvalue weighted by Crippen LogP contribution is -2.34. The standard InChI is InChI=1S/C22H19N3O2S2/c1-14-3-8-18-19(11-14)29-21(24-18)15-4-6-17(7-5-15)23-20(26)12-25(2)22(27)16-9-10-28-13-16/h3-11,13H,12H2,1-2H3,(H,23,26). The lowest BCUT2D eigenvalue weighted by atomic mass is 10.2. The molecule has 146 valence electrons. The monoisotopic (exact) mass is 421 g/mol. The van der Waals surface area contributed by atoms with Gasteiger partial charge in [0.25, 0.3) is 5.91 Å². The fraction of sp³-hybridized carbons (Fsp3) is 0.136. The number of carbonyl (C=O) groups excluding carboxylic acids is 2. The Hall–Kier alpha value is -3.03. The van der Waals surface area contributed by atoms with E-state index in [9.17, 15) is 9.59 Å². The number of rotatable bonds is 5. The van der Waals surface area contributed by atoms with Gasteiger partial charge >= 0.3 is 0 Å². The van der Waals surface area contributed by atoms with Gasteiger partial charge in [-0.2, -0.15) is 11.3 Å². The smallest absolute Gasteiger partial charge is 0.254 e. The SMILES string of the molecule is Cc1ccc2nc(-c3ccc(NC(=O)CN(C)C(=O)c4ccsc4)cc3)sc2c1. The van der Waals surface area contributed by atoms with E-state index in [2.05, 4.69) is 29.4 Å². The highest BCUT2D eigenvalue weighted by Crippen LogP contribution is 2.31. The molecule has 7 heteroatoms. The summed E-state index contributed by atoms with van der Waals surface area (Å²) in [5.41, 5.74) is 4.50. The minimum Gasteiger partial charge on any atom is -0.332 e. The third-order valence-electron chi connectivity index (χ3n) is 4.46. The molecule has 4 rings (SSSR count). The topological polar surface area (TPSA) is 62.3 Å². The normalized spacial score (nSPS) is 10.8. The van der Waals surface area contributed by atoms with Gasteiger partial charge in [-0.05, 0) is 60.3 Å². The summed E-state index contributed by atoms with van der Waals surface area (Å²) in [6.07, 6.45) is 0. The molecule has 5 nitrogen and oxygen atoms in total. The Morgan fingerprint density at radius 3 is 2.62 bits per heavy atom. The van der Waals surface area contributed by atoms with Gasteiger partial charge in [-0.3, -0.25) is 9.59 Å². The molecule has 0 saturated carbocycles. The van der Waals surface area contributed by atoms with Gasteiger partial charge in [0.05, 0.1) is 22.3 Å². The highest BCUT2D eigenvalue weighted by atomic mass is 32.1. The van der Waals surface area contributed by atoms with Gasteiger partial charge in [0.2, 0.25) is 5.91 Å². The van der Waals surface area contributed by atoms with Crippen LogP contribution >= 0.6 is 22.7 Å². The summed E-state index contributed by atoms with van der Waals surface area (Å²) >= 11 is 3.11. The number of anilines is 1. The number of aromatic nitrogens is 1. The van der Waals surface area contributed by atoms with Gasteiger partial charge in [-0.25, -0.2) is 4.98 Å². The first-order valence-electron chi connectivity index (χ1n) is 9.05. The highest BCUT2D eigenvalue weighted by Gasteiger charge is 2.15. The van der Waals surface area contributed by atoms with Crippen molar-refractivity contribution in [3.05, 3.63) is 70.4 Å². The number of nitrogens with one attached hydrogen (secondary N) is 1. The van der Waals surface area contributed by atoms with E-state index in [1.165, 1.54) is 21.8 Å². The molecule has 0 radical (unpaired) electrons. The van der Waals surface area contributed by atoms with Crippen LogP contribution in [0.25, 0.3) is 20.8 Å². The van der Waals surface area contributed by atoms with Crippen molar-refractivity contribution in [1.29, 1.82) is 0 Å². The van der Waals surface area contributed by atoms with Crippen LogP contribution in [0.2, 0.25) is 0 Å². The summed E-state index contributed by atoms with van der Waals surface area (Å²) in [5, 5.41) is 7.41. The van der Waals surface area contributed by atoms with E-state index in [0.29, 0.717) is 11.3 Å². The van der Waals surface area contributed by atoms with Crippen molar-refractivity contribution in [3.63, 3.8) is 0 Å². The van der Waals surface area contributed by atoms with Crippen molar-refractivity contribution in [1.82, 2.24) is 9.88 Å². The number of likely N-dealkylation sites (N-methyl/N-ethyl adjacent to an activating group) is 1. The summed E-state index contributed by atoms with van der Waals surface area (Å²) in [6.45, 7) is 2.06.